The molecule has 0 saturated carbocycles. The van der Waals surface area contributed by atoms with Gasteiger partial charge in [0, 0.05) is 64.3 Å². The zero-order valence-electron chi connectivity index (χ0n) is 21.4. The second kappa shape index (κ2) is 12.5. The lowest BCUT2D eigenvalue weighted by molar-refractivity contribution is -0.384. The van der Waals surface area contributed by atoms with Gasteiger partial charge in [-0.2, -0.15) is 11.8 Å². The molecule has 0 N–H and O–H groups in total. The summed E-state index contributed by atoms with van der Waals surface area (Å²) < 4.78 is 2.15. The van der Waals surface area contributed by atoms with E-state index in [1.807, 2.05) is 23.9 Å². The van der Waals surface area contributed by atoms with Gasteiger partial charge < -0.3 is 9.40 Å². The molecule has 0 saturated heterocycles. The van der Waals surface area contributed by atoms with Crippen molar-refractivity contribution >= 4 is 56.7 Å². The van der Waals surface area contributed by atoms with Crippen molar-refractivity contribution in [1.29, 1.82) is 0 Å². The molecule has 0 bridgehead atoms. The third kappa shape index (κ3) is 6.11. The first-order valence-electron chi connectivity index (χ1n) is 12.5. The Morgan fingerprint density at radius 2 is 1.66 bits per heavy atom. The molecule has 1 aromatic heterocycles. The van der Waals surface area contributed by atoms with Crippen LogP contribution < -0.4 is 0 Å². The van der Waals surface area contributed by atoms with Crippen LogP contribution in [0.1, 0.15) is 49.0 Å². The lowest BCUT2D eigenvalue weighted by Gasteiger charge is -2.09. The van der Waals surface area contributed by atoms with E-state index >= 15 is 0 Å². The Balaban J connectivity index is 1.76. The van der Waals surface area contributed by atoms with Crippen LogP contribution in [0.25, 0.3) is 21.8 Å². The van der Waals surface area contributed by atoms with Crippen molar-refractivity contribution in [2.24, 2.45) is 5.16 Å². The van der Waals surface area contributed by atoms with E-state index in [-0.39, 0.29) is 11.4 Å². The average Bonchev–Trinajstić information content (AvgIpc) is 3.23. The van der Waals surface area contributed by atoms with Crippen LogP contribution in [0, 0.1) is 10.1 Å². The van der Waals surface area contributed by atoms with Gasteiger partial charge in [0.1, 0.15) is 0 Å². The third-order valence-electron chi connectivity index (χ3n) is 6.20. The van der Waals surface area contributed by atoms with Gasteiger partial charge in [0.15, 0.2) is 5.71 Å². The monoisotopic (exact) mass is 531 g/mol. The summed E-state index contributed by atoms with van der Waals surface area (Å²) in [5, 5.41) is 16.8. The summed E-state index contributed by atoms with van der Waals surface area (Å²) >= 11 is 1.89. The molecule has 4 aromatic rings. The summed E-state index contributed by atoms with van der Waals surface area (Å²) in [6, 6.07) is 18.9. The summed E-state index contributed by atoms with van der Waals surface area (Å²) in [4.78, 5) is 40.9. The molecule has 0 unspecified atom stereocenters. The molecule has 9 heteroatoms. The van der Waals surface area contributed by atoms with Crippen LogP contribution in [-0.2, 0) is 16.2 Å². The smallest absolute Gasteiger partial charge is 0.332 e. The van der Waals surface area contributed by atoms with Crippen LogP contribution in [0.3, 0.4) is 0 Å². The molecule has 0 fully saturated rings. The molecule has 8 nitrogen and oxygen atoms in total. The van der Waals surface area contributed by atoms with Crippen LogP contribution in [-0.4, -0.2) is 38.5 Å². The number of carbonyl (C=O) groups excluding carboxylic acids is 2. The SMILES string of the molecule is CCCCCSCCn1c2ccc(C(=O)C(=NOC(C)=O)c3ccccc3)cc2c2cc([N+](=O)[O-])ccc21. The maximum Gasteiger partial charge on any atom is 0.332 e. The highest BCUT2D eigenvalue weighted by atomic mass is 32.2. The largest absolute Gasteiger partial charge is 0.340 e. The first kappa shape index (κ1) is 27.1. The predicted octanol–water partition coefficient (Wildman–Crippen LogP) is 6.78. The van der Waals surface area contributed by atoms with Gasteiger partial charge in [0.25, 0.3) is 5.69 Å². The maximum atomic E-state index is 13.6. The van der Waals surface area contributed by atoms with Crippen LogP contribution in [0.2, 0.25) is 0 Å². The molecule has 3 aromatic carbocycles. The quantitative estimate of drug-likeness (QED) is 0.0499. The number of thioether (sulfide) groups is 1. The summed E-state index contributed by atoms with van der Waals surface area (Å²) in [5.74, 6) is 0.953. The Morgan fingerprint density at radius 1 is 0.947 bits per heavy atom. The number of unbranched alkanes of at least 4 members (excludes halogenated alkanes) is 2. The highest BCUT2D eigenvalue weighted by Gasteiger charge is 2.21. The number of hydrogen-bond acceptors (Lipinski definition) is 7. The minimum Gasteiger partial charge on any atom is -0.340 e. The Morgan fingerprint density at radius 3 is 2.34 bits per heavy atom. The molecule has 0 aliphatic rings. The minimum absolute atomic E-state index is 0.00153. The van der Waals surface area contributed by atoms with E-state index in [0.717, 1.165) is 34.5 Å². The minimum atomic E-state index is -0.635. The molecule has 0 aliphatic carbocycles. The van der Waals surface area contributed by atoms with Crippen molar-refractivity contribution in [3.05, 3.63) is 88.0 Å². The van der Waals surface area contributed by atoms with Gasteiger partial charge in [-0.1, -0.05) is 55.3 Å². The molecule has 196 valence electrons. The maximum absolute atomic E-state index is 13.6. The number of oxime groups is 1. The van der Waals surface area contributed by atoms with Gasteiger partial charge >= 0.3 is 5.97 Å². The topological polar surface area (TPSA) is 104 Å². The van der Waals surface area contributed by atoms with E-state index in [1.165, 1.54) is 32.3 Å². The highest BCUT2D eigenvalue weighted by Crippen LogP contribution is 2.33. The van der Waals surface area contributed by atoms with E-state index in [2.05, 4.69) is 16.6 Å². The molecule has 4 rings (SSSR count). The van der Waals surface area contributed by atoms with Crippen molar-refractivity contribution in [2.75, 3.05) is 11.5 Å². The molecule has 0 aliphatic heterocycles. The molecule has 0 amide bonds. The number of aromatic nitrogens is 1. The Labute approximate surface area is 224 Å². The average molecular weight is 532 g/mol. The van der Waals surface area contributed by atoms with E-state index in [9.17, 15) is 19.7 Å². The first-order chi connectivity index (χ1) is 18.4. The summed E-state index contributed by atoms with van der Waals surface area (Å²) in [6.07, 6.45) is 3.59. The molecule has 0 atom stereocenters. The van der Waals surface area contributed by atoms with Crippen molar-refractivity contribution in [3.8, 4) is 0 Å². The zero-order valence-corrected chi connectivity index (χ0v) is 22.2. The van der Waals surface area contributed by atoms with E-state index < -0.39 is 16.7 Å². The third-order valence-corrected chi connectivity index (χ3v) is 7.25. The fraction of sp³-hybridized carbons (Fsp3) is 0.276. The predicted molar refractivity (Wildman–Crippen MR) is 152 cm³/mol. The molecule has 38 heavy (non-hydrogen) atoms. The standard InChI is InChI=1S/C29H29N3O5S/c1-3-4-8-16-38-17-15-31-26-13-11-22(18-24(26)25-19-23(32(35)36)12-14-27(25)31)29(34)28(30-37-20(2)33)21-9-6-5-7-10-21/h5-7,9-14,18-19H,3-4,8,15-17H2,1-2H3. The fourth-order valence-corrected chi connectivity index (χ4v) is 5.29. The summed E-state index contributed by atoms with van der Waals surface area (Å²) in [5.41, 5.74) is 2.61. The molecular weight excluding hydrogens is 502 g/mol. The van der Waals surface area contributed by atoms with Gasteiger partial charge in [-0.25, -0.2) is 4.79 Å². The van der Waals surface area contributed by atoms with E-state index in [0.29, 0.717) is 16.5 Å². The van der Waals surface area contributed by atoms with Crippen LogP contribution in [0.5, 0.6) is 0 Å². The number of fused-ring (bicyclic) bond motifs is 3. The Bertz CT molecular complexity index is 1510. The Kier molecular flexibility index (Phi) is 8.91. The second-order valence-corrected chi connectivity index (χ2v) is 10.1. The molecular formula is C29H29N3O5S. The number of Topliss-reactive ketones (excluding diaryl/α,β-unsaturated/α-hetero) is 1. The number of carbonyl (C=O) groups is 2. The van der Waals surface area contributed by atoms with Crippen LogP contribution >= 0.6 is 11.8 Å². The number of benzene rings is 3. The lowest BCUT2D eigenvalue weighted by Crippen LogP contribution is -2.17. The van der Waals surface area contributed by atoms with Crippen LogP contribution in [0.4, 0.5) is 5.69 Å². The number of rotatable bonds is 12. The number of non-ortho nitro benzene ring substituents is 1. The summed E-state index contributed by atoms with van der Waals surface area (Å²) in [7, 11) is 0. The first-order valence-corrected chi connectivity index (χ1v) is 13.7. The van der Waals surface area contributed by atoms with Gasteiger partial charge in [-0.05, 0) is 36.4 Å². The molecule has 0 radical (unpaired) electrons. The van der Waals surface area contributed by atoms with Crippen molar-refractivity contribution in [2.45, 2.75) is 39.7 Å². The number of nitrogens with zero attached hydrogens (tertiary/aromatic N) is 3. The van der Waals surface area contributed by atoms with Gasteiger partial charge in [-0.3, -0.25) is 14.9 Å². The van der Waals surface area contributed by atoms with Crippen LogP contribution in [0.15, 0.2) is 71.9 Å². The number of hydrogen-bond donors (Lipinski definition) is 0. The van der Waals surface area contributed by atoms with Crippen molar-refractivity contribution < 1.29 is 19.3 Å². The number of ketones is 1. The molecule has 0 spiro atoms. The van der Waals surface area contributed by atoms with Crippen molar-refractivity contribution in [3.63, 3.8) is 0 Å². The van der Waals surface area contributed by atoms with E-state index in [4.69, 9.17) is 4.84 Å². The number of nitro groups is 1. The zero-order chi connectivity index (χ0) is 27.1. The number of aryl methyl sites for hydroxylation is 1. The van der Waals surface area contributed by atoms with Gasteiger partial charge in [-0.15, -0.1) is 0 Å². The highest BCUT2D eigenvalue weighted by molar-refractivity contribution is 7.99. The fourth-order valence-electron chi connectivity index (χ4n) is 4.37. The normalized spacial score (nSPS) is 11.7. The van der Waals surface area contributed by atoms with Crippen molar-refractivity contribution in [1.82, 2.24) is 4.57 Å². The van der Waals surface area contributed by atoms with E-state index in [1.54, 1.807) is 48.5 Å². The second-order valence-electron chi connectivity index (χ2n) is 8.88. The Hall–Kier alpha value is -3.98. The van der Waals surface area contributed by atoms with Gasteiger partial charge in [0.2, 0.25) is 5.78 Å². The summed E-state index contributed by atoms with van der Waals surface area (Å²) in [6.45, 7) is 4.14. The molecule has 1 heterocycles. The van der Waals surface area contributed by atoms with Gasteiger partial charge in [0.05, 0.1) is 4.92 Å². The lowest BCUT2D eigenvalue weighted by atomic mass is 9.99. The number of nitro benzene ring substituents is 1.